The van der Waals surface area contributed by atoms with E-state index in [0.29, 0.717) is 30.6 Å². The maximum absolute atomic E-state index is 13.2. The second-order valence-corrected chi connectivity index (χ2v) is 10.8. The topological polar surface area (TPSA) is 43.9 Å². The highest BCUT2D eigenvalue weighted by Crippen LogP contribution is 2.25. The second-order valence-electron chi connectivity index (χ2n) is 8.83. The summed E-state index contributed by atoms with van der Waals surface area (Å²) >= 11 is 0. The molecule has 1 heterocycles. The number of likely N-dealkylation sites (N-methyl/N-ethyl adjacent to an activating group) is 1. The second kappa shape index (κ2) is 11.6. The third kappa shape index (κ3) is 6.06. The summed E-state index contributed by atoms with van der Waals surface area (Å²) in [5.74, 6) is 0. The first kappa shape index (κ1) is 24.5. The summed E-state index contributed by atoms with van der Waals surface area (Å²) in [5, 5.41) is 0. The Kier molecular flexibility index (Phi) is 8.38. The van der Waals surface area contributed by atoms with Crippen LogP contribution in [0.4, 0.5) is 5.69 Å². The fraction of sp³-hybridized carbons (Fsp3) is 0.357. The predicted octanol–water partition coefficient (Wildman–Crippen LogP) is 4.87. The van der Waals surface area contributed by atoms with E-state index in [9.17, 15) is 8.42 Å². The minimum absolute atomic E-state index is 0.359. The summed E-state index contributed by atoms with van der Waals surface area (Å²) in [6, 6.07) is 30.2. The van der Waals surface area contributed by atoms with Crippen molar-refractivity contribution < 1.29 is 8.42 Å². The minimum Gasteiger partial charge on any atom is -0.367 e. The van der Waals surface area contributed by atoms with Crippen LogP contribution >= 0.6 is 0 Å². The molecule has 0 saturated carbocycles. The first-order chi connectivity index (χ1) is 16.6. The quantitative estimate of drug-likeness (QED) is 0.418. The largest absolute Gasteiger partial charge is 0.367 e. The molecule has 0 N–H and O–H groups in total. The van der Waals surface area contributed by atoms with Crippen molar-refractivity contribution in [3.8, 4) is 0 Å². The standard InChI is InChI=1S/C28H35N3O2S/c1-2-30(34(32,33)28-16-10-5-11-17-28)22-23-31(26-14-8-4-9-15-26)27-18-20-29(21-19-27)24-25-12-6-3-7-13-25/h3-17,27H,2,18-24H2,1H3. The molecular weight excluding hydrogens is 442 g/mol. The Morgan fingerprint density at radius 1 is 0.794 bits per heavy atom. The van der Waals surface area contributed by atoms with Gasteiger partial charge in [-0.05, 0) is 42.7 Å². The van der Waals surface area contributed by atoms with E-state index >= 15 is 0 Å². The molecule has 0 aromatic heterocycles. The van der Waals surface area contributed by atoms with E-state index < -0.39 is 10.0 Å². The molecule has 0 radical (unpaired) electrons. The predicted molar refractivity (Wildman–Crippen MR) is 139 cm³/mol. The molecule has 0 amide bonds. The van der Waals surface area contributed by atoms with Crippen LogP contribution in [0.5, 0.6) is 0 Å². The number of rotatable bonds is 10. The van der Waals surface area contributed by atoms with Gasteiger partial charge in [-0.15, -0.1) is 0 Å². The summed E-state index contributed by atoms with van der Waals surface area (Å²) in [4.78, 5) is 5.30. The Morgan fingerprint density at radius 3 is 1.94 bits per heavy atom. The number of piperidine rings is 1. The van der Waals surface area contributed by atoms with Gasteiger partial charge in [0.05, 0.1) is 4.90 Å². The molecule has 4 rings (SSSR count). The van der Waals surface area contributed by atoms with E-state index in [2.05, 4.69) is 64.4 Å². The van der Waals surface area contributed by atoms with Gasteiger partial charge in [0.2, 0.25) is 10.0 Å². The molecule has 180 valence electrons. The number of likely N-dealkylation sites (tertiary alicyclic amines) is 1. The molecule has 1 aliphatic rings. The highest BCUT2D eigenvalue weighted by atomic mass is 32.2. The molecule has 0 bridgehead atoms. The Labute approximate surface area is 204 Å². The molecule has 6 heteroatoms. The van der Waals surface area contributed by atoms with Crippen LogP contribution < -0.4 is 4.90 Å². The third-order valence-corrected chi connectivity index (χ3v) is 8.65. The van der Waals surface area contributed by atoms with Gasteiger partial charge in [-0.3, -0.25) is 4.90 Å². The summed E-state index contributed by atoms with van der Waals surface area (Å²) in [5.41, 5.74) is 2.52. The molecule has 3 aromatic carbocycles. The molecule has 0 atom stereocenters. The zero-order chi connectivity index (χ0) is 23.8. The van der Waals surface area contributed by atoms with E-state index in [4.69, 9.17) is 0 Å². The van der Waals surface area contributed by atoms with Gasteiger partial charge < -0.3 is 4.90 Å². The third-order valence-electron chi connectivity index (χ3n) is 6.66. The lowest BCUT2D eigenvalue weighted by atomic mass is 10.0. The van der Waals surface area contributed by atoms with Crippen molar-refractivity contribution in [1.29, 1.82) is 0 Å². The highest BCUT2D eigenvalue weighted by Gasteiger charge is 2.28. The maximum atomic E-state index is 13.2. The van der Waals surface area contributed by atoms with Crippen molar-refractivity contribution in [3.05, 3.63) is 96.6 Å². The molecule has 0 spiro atoms. The zero-order valence-corrected chi connectivity index (χ0v) is 20.8. The smallest absolute Gasteiger partial charge is 0.243 e. The lowest BCUT2D eigenvalue weighted by Crippen LogP contribution is -2.48. The molecule has 1 saturated heterocycles. The molecule has 0 unspecified atom stereocenters. The molecule has 3 aromatic rings. The molecule has 5 nitrogen and oxygen atoms in total. The van der Waals surface area contributed by atoms with Crippen LogP contribution in [0.1, 0.15) is 25.3 Å². The fourth-order valence-electron chi connectivity index (χ4n) is 4.78. The van der Waals surface area contributed by atoms with E-state index in [0.717, 1.165) is 38.2 Å². The fourth-order valence-corrected chi connectivity index (χ4v) is 6.24. The Bertz CT molecular complexity index is 1100. The van der Waals surface area contributed by atoms with Crippen LogP contribution in [0.2, 0.25) is 0 Å². The van der Waals surface area contributed by atoms with Gasteiger partial charge in [0.25, 0.3) is 0 Å². The van der Waals surface area contributed by atoms with Crippen LogP contribution in [0.15, 0.2) is 95.9 Å². The van der Waals surface area contributed by atoms with Crippen LogP contribution in [0, 0.1) is 0 Å². The van der Waals surface area contributed by atoms with Crippen LogP contribution in [0.25, 0.3) is 0 Å². The number of hydrogen-bond donors (Lipinski definition) is 0. The number of hydrogen-bond acceptors (Lipinski definition) is 4. The van der Waals surface area contributed by atoms with Crippen molar-refractivity contribution in [2.24, 2.45) is 0 Å². The Balaban J connectivity index is 1.44. The van der Waals surface area contributed by atoms with Crippen LogP contribution in [0.3, 0.4) is 0 Å². The van der Waals surface area contributed by atoms with Crippen molar-refractivity contribution in [3.63, 3.8) is 0 Å². The Hall–Kier alpha value is -2.67. The Morgan fingerprint density at radius 2 is 1.35 bits per heavy atom. The van der Waals surface area contributed by atoms with E-state index in [1.165, 1.54) is 5.56 Å². The first-order valence-electron chi connectivity index (χ1n) is 12.2. The normalized spacial score (nSPS) is 15.5. The monoisotopic (exact) mass is 477 g/mol. The lowest BCUT2D eigenvalue weighted by molar-refractivity contribution is 0.200. The van der Waals surface area contributed by atoms with Gasteiger partial charge in [-0.1, -0.05) is 73.7 Å². The number of sulfonamides is 1. The summed E-state index contributed by atoms with van der Waals surface area (Å²) < 4.78 is 28.0. The van der Waals surface area contributed by atoms with Crippen LogP contribution in [-0.4, -0.2) is 56.4 Å². The lowest BCUT2D eigenvalue weighted by Gasteiger charge is -2.40. The highest BCUT2D eigenvalue weighted by molar-refractivity contribution is 7.89. The number of benzene rings is 3. The average molecular weight is 478 g/mol. The summed E-state index contributed by atoms with van der Waals surface area (Å²) in [7, 11) is -3.50. The maximum Gasteiger partial charge on any atom is 0.243 e. The molecular formula is C28H35N3O2S. The average Bonchev–Trinajstić information content (AvgIpc) is 2.89. The zero-order valence-electron chi connectivity index (χ0n) is 20.0. The van der Waals surface area contributed by atoms with Crippen molar-refractivity contribution in [1.82, 2.24) is 9.21 Å². The van der Waals surface area contributed by atoms with E-state index in [-0.39, 0.29) is 0 Å². The van der Waals surface area contributed by atoms with Gasteiger partial charge in [0, 0.05) is 51.0 Å². The molecule has 34 heavy (non-hydrogen) atoms. The summed E-state index contributed by atoms with van der Waals surface area (Å²) in [6.07, 6.45) is 2.14. The minimum atomic E-state index is -3.50. The van der Waals surface area contributed by atoms with Gasteiger partial charge in [-0.2, -0.15) is 4.31 Å². The molecule has 1 aliphatic heterocycles. The van der Waals surface area contributed by atoms with Crippen molar-refractivity contribution in [2.45, 2.75) is 37.2 Å². The van der Waals surface area contributed by atoms with Crippen molar-refractivity contribution in [2.75, 3.05) is 37.6 Å². The SMILES string of the molecule is CCN(CCN(c1ccccc1)C1CCN(Cc2ccccc2)CC1)S(=O)(=O)c1ccccc1. The number of nitrogens with zero attached hydrogens (tertiary/aromatic N) is 3. The van der Waals surface area contributed by atoms with E-state index in [1.54, 1.807) is 28.6 Å². The number of anilines is 1. The number of para-hydroxylation sites is 1. The van der Waals surface area contributed by atoms with Gasteiger partial charge >= 0.3 is 0 Å². The van der Waals surface area contributed by atoms with Gasteiger partial charge in [0.15, 0.2) is 0 Å². The molecule has 0 aliphatic carbocycles. The summed E-state index contributed by atoms with van der Waals surface area (Å²) in [6.45, 7) is 6.58. The van der Waals surface area contributed by atoms with Gasteiger partial charge in [0.1, 0.15) is 0 Å². The first-order valence-corrected chi connectivity index (χ1v) is 13.6. The molecule has 1 fully saturated rings. The van der Waals surface area contributed by atoms with Crippen molar-refractivity contribution >= 4 is 15.7 Å². The van der Waals surface area contributed by atoms with Gasteiger partial charge in [-0.25, -0.2) is 8.42 Å². The van der Waals surface area contributed by atoms with E-state index in [1.807, 2.05) is 19.1 Å². The van der Waals surface area contributed by atoms with Crippen LogP contribution in [-0.2, 0) is 16.6 Å².